The molecule has 0 spiro atoms. The Labute approximate surface area is 146 Å². The minimum absolute atomic E-state index is 0.622. The maximum absolute atomic E-state index is 4.33. The van der Waals surface area contributed by atoms with Gasteiger partial charge in [-0.15, -0.1) is 0 Å². The Balaban J connectivity index is 0. The molecule has 0 unspecified atom stereocenters. The highest BCUT2D eigenvalue weighted by Crippen LogP contribution is 2.09. The smallest absolute Gasteiger partial charge is 0.0794 e. The lowest BCUT2D eigenvalue weighted by molar-refractivity contribution is -0.268. The molecule has 0 rings (SSSR count). The third-order valence-corrected chi connectivity index (χ3v) is 3.52. The fourth-order valence-corrected chi connectivity index (χ4v) is 2.19. The van der Waals surface area contributed by atoms with Crippen LogP contribution in [0.25, 0.3) is 0 Å². The minimum atomic E-state index is 0.622. The first-order chi connectivity index (χ1) is 11.3. The molecule has 0 aliphatic carbocycles. The summed E-state index contributed by atoms with van der Waals surface area (Å²) >= 11 is 0. The molecule has 0 N–H and O–H groups in total. The molecular formula is C21H42O2. The van der Waals surface area contributed by atoms with Crippen LogP contribution in [0.2, 0.25) is 0 Å². The maximum Gasteiger partial charge on any atom is 0.0794 e. The molecule has 0 aromatic carbocycles. The van der Waals surface area contributed by atoms with Gasteiger partial charge in [-0.25, -0.2) is 9.78 Å². The van der Waals surface area contributed by atoms with Gasteiger partial charge < -0.3 is 0 Å². The number of unbranched alkanes of at least 4 members (excludes halogenated alkanes) is 9. The van der Waals surface area contributed by atoms with E-state index in [2.05, 4.69) is 47.9 Å². The molecule has 0 heterocycles. The summed E-state index contributed by atoms with van der Waals surface area (Å²) in [7, 11) is 1.49. The molecule has 0 amide bonds. The molecule has 0 aliphatic rings. The van der Waals surface area contributed by atoms with Crippen LogP contribution in [0, 0.1) is 0 Å². The second-order valence-electron chi connectivity index (χ2n) is 5.77. The number of hydrogen-bond donors (Lipinski definition) is 0. The summed E-state index contributed by atoms with van der Waals surface area (Å²) in [4.78, 5) is 8.52. The van der Waals surface area contributed by atoms with Gasteiger partial charge in [0.05, 0.1) is 13.7 Å². The molecule has 0 saturated heterocycles. The summed E-state index contributed by atoms with van der Waals surface area (Å²) in [6, 6.07) is 0. The number of allylic oxidation sites excluding steroid dienone is 4. The van der Waals surface area contributed by atoms with Gasteiger partial charge in [0.1, 0.15) is 0 Å². The van der Waals surface area contributed by atoms with Gasteiger partial charge in [-0.1, -0.05) is 76.7 Å². The molecule has 0 aromatic heterocycles. The Morgan fingerprint density at radius 1 is 0.609 bits per heavy atom. The first kappa shape index (κ1) is 24.6. The largest absolute Gasteiger partial charge is 0.240 e. The molecule has 0 atom stereocenters. The lowest BCUT2D eigenvalue weighted by Crippen LogP contribution is -1.83. The number of rotatable bonds is 15. The van der Waals surface area contributed by atoms with Crippen molar-refractivity contribution in [3.63, 3.8) is 0 Å². The zero-order valence-corrected chi connectivity index (χ0v) is 16.3. The predicted molar refractivity (Wildman–Crippen MR) is 104 cm³/mol. The van der Waals surface area contributed by atoms with E-state index in [1.54, 1.807) is 0 Å². The van der Waals surface area contributed by atoms with Crippen LogP contribution in [-0.2, 0) is 9.78 Å². The first-order valence-corrected chi connectivity index (χ1v) is 9.78. The highest BCUT2D eigenvalue weighted by Gasteiger charge is 1.89. The summed E-state index contributed by atoms with van der Waals surface area (Å²) in [5, 5.41) is 0. The fraction of sp³-hybridized carbons (Fsp3) is 0.810. The average Bonchev–Trinajstić information content (AvgIpc) is 2.56. The van der Waals surface area contributed by atoms with Gasteiger partial charge in [0.15, 0.2) is 0 Å². The lowest BCUT2D eigenvalue weighted by atomic mass is 10.1. The van der Waals surface area contributed by atoms with Crippen molar-refractivity contribution in [3.8, 4) is 0 Å². The molecule has 0 aliphatic heterocycles. The Morgan fingerprint density at radius 3 is 1.48 bits per heavy atom. The van der Waals surface area contributed by atoms with Gasteiger partial charge in [-0.05, 0) is 45.4 Å². The highest BCUT2D eigenvalue weighted by atomic mass is 17.2. The van der Waals surface area contributed by atoms with E-state index in [1.165, 1.54) is 84.2 Å². The SMILES string of the molecule is CC/C=C/CCCCCCCC/C=C/CCCC.CCOOC. The van der Waals surface area contributed by atoms with Crippen molar-refractivity contribution in [2.24, 2.45) is 0 Å². The van der Waals surface area contributed by atoms with Crippen LogP contribution in [0.5, 0.6) is 0 Å². The number of hydrogen-bond acceptors (Lipinski definition) is 2. The van der Waals surface area contributed by atoms with E-state index in [-0.39, 0.29) is 0 Å². The van der Waals surface area contributed by atoms with Gasteiger partial charge >= 0.3 is 0 Å². The van der Waals surface area contributed by atoms with Gasteiger partial charge in [0, 0.05) is 0 Å². The molecule has 0 aromatic rings. The van der Waals surface area contributed by atoms with Crippen LogP contribution >= 0.6 is 0 Å². The van der Waals surface area contributed by atoms with E-state index in [4.69, 9.17) is 0 Å². The van der Waals surface area contributed by atoms with Crippen LogP contribution in [0.4, 0.5) is 0 Å². The zero-order chi connectivity index (χ0) is 17.4. The molecule has 2 nitrogen and oxygen atoms in total. The molecule has 23 heavy (non-hydrogen) atoms. The van der Waals surface area contributed by atoms with Crippen molar-refractivity contribution in [1.29, 1.82) is 0 Å². The van der Waals surface area contributed by atoms with Crippen molar-refractivity contribution in [2.45, 2.75) is 97.8 Å². The third-order valence-electron chi connectivity index (χ3n) is 3.52. The van der Waals surface area contributed by atoms with Crippen LogP contribution < -0.4 is 0 Å². The molecule has 2 heteroatoms. The second kappa shape index (κ2) is 26.3. The van der Waals surface area contributed by atoms with Crippen LogP contribution in [0.3, 0.4) is 0 Å². The Morgan fingerprint density at radius 2 is 1.09 bits per heavy atom. The zero-order valence-electron chi connectivity index (χ0n) is 16.3. The Bertz CT molecular complexity index is 232. The summed E-state index contributed by atoms with van der Waals surface area (Å²) in [6.45, 7) is 6.94. The van der Waals surface area contributed by atoms with Crippen LogP contribution in [-0.4, -0.2) is 13.7 Å². The lowest BCUT2D eigenvalue weighted by Gasteiger charge is -1.99. The topological polar surface area (TPSA) is 18.5 Å². The van der Waals surface area contributed by atoms with Crippen LogP contribution in [0.1, 0.15) is 97.8 Å². The normalized spacial score (nSPS) is 11.1. The fourth-order valence-electron chi connectivity index (χ4n) is 2.19. The van der Waals surface area contributed by atoms with E-state index in [1.807, 2.05) is 6.92 Å². The Hall–Kier alpha value is -0.600. The van der Waals surface area contributed by atoms with Crippen LogP contribution in [0.15, 0.2) is 24.3 Å². The standard InChI is InChI=1S/C18H34.C3H8O2/c1-3-5-7-9-11-13-15-17-18-16-14-12-10-8-6-4-2;1-3-5-4-2/h5,7,10,12H,3-4,6,8-9,11,13-18H2,1-2H3;3H2,1-2H3/b7-5+,12-10+;. The van der Waals surface area contributed by atoms with E-state index < -0.39 is 0 Å². The Kier molecular flexibility index (Phi) is 28.2. The van der Waals surface area contributed by atoms with Crippen molar-refractivity contribution in [2.75, 3.05) is 13.7 Å². The maximum atomic E-state index is 4.33. The molecular weight excluding hydrogens is 284 g/mol. The van der Waals surface area contributed by atoms with Gasteiger partial charge in [0.25, 0.3) is 0 Å². The predicted octanol–water partition coefficient (Wildman–Crippen LogP) is 7.40. The van der Waals surface area contributed by atoms with E-state index in [0.29, 0.717) is 6.61 Å². The summed E-state index contributed by atoms with van der Waals surface area (Å²) in [5.41, 5.74) is 0. The minimum Gasteiger partial charge on any atom is -0.240 e. The van der Waals surface area contributed by atoms with Crippen molar-refractivity contribution < 1.29 is 9.78 Å². The summed E-state index contributed by atoms with van der Waals surface area (Å²) in [5.74, 6) is 0. The third kappa shape index (κ3) is 29.9. The van der Waals surface area contributed by atoms with Crippen molar-refractivity contribution in [3.05, 3.63) is 24.3 Å². The van der Waals surface area contributed by atoms with Gasteiger partial charge in [-0.2, -0.15) is 0 Å². The summed E-state index contributed by atoms with van der Waals surface area (Å²) in [6.07, 6.45) is 25.5. The van der Waals surface area contributed by atoms with Crippen molar-refractivity contribution >= 4 is 0 Å². The highest BCUT2D eigenvalue weighted by molar-refractivity contribution is 4.81. The molecule has 0 bridgehead atoms. The van der Waals surface area contributed by atoms with Gasteiger partial charge in [0.2, 0.25) is 0 Å². The summed E-state index contributed by atoms with van der Waals surface area (Å²) < 4.78 is 0. The second-order valence-corrected chi connectivity index (χ2v) is 5.77. The molecule has 138 valence electrons. The monoisotopic (exact) mass is 326 g/mol. The van der Waals surface area contributed by atoms with E-state index in [9.17, 15) is 0 Å². The molecule has 0 saturated carbocycles. The average molecular weight is 327 g/mol. The molecule has 0 radical (unpaired) electrons. The van der Waals surface area contributed by atoms with E-state index >= 15 is 0 Å². The molecule has 0 fully saturated rings. The van der Waals surface area contributed by atoms with Crippen molar-refractivity contribution in [1.82, 2.24) is 0 Å². The van der Waals surface area contributed by atoms with Gasteiger partial charge in [-0.3, -0.25) is 0 Å². The quantitative estimate of drug-likeness (QED) is 0.135. The van der Waals surface area contributed by atoms with E-state index in [0.717, 1.165) is 0 Å². The first-order valence-electron chi connectivity index (χ1n) is 9.78.